The summed E-state index contributed by atoms with van der Waals surface area (Å²) < 4.78 is 5.18. The van der Waals surface area contributed by atoms with Crippen molar-refractivity contribution in [1.82, 2.24) is 9.80 Å². The van der Waals surface area contributed by atoms with Crippen LogP contribution in [0.15, 0.2) is 47.4 Å². The Morgan fingerprint density at radius 3 is 2.23 bits per heavy atom. The second-order valence-corrected chi connectivity index (χ2v) is 7.12. The van der Waals surface area contributed by atoms with Crippen molar-refractivity contribution in [3.05, 3.63) is 48.1 Å². The fraction of sp³-hybridized carbons (Fsp3) is 0.400. The van der Waals surface area contributed by atoms with E-state index in [4.69, 9.17) is 4.74 Å². The number of hydrogen-bond donors (Lipinski definition) is 0. The molecule has 6 heteroatoms. The van der Waals surface area contributed by atoms with Gasteiger partial charge in [0.05, 0.1) is 6.10 Å². The smallest absolute Gasteiger partial charge is 0.410 e. The van der Waals surface area contributed by atoms with Gasteiger partial charge in [-0.05, 0) is 37.8 Å². The molecule has 1 aliphatic rings. The zero-order valence-corrected chi connectivity index (χ0v) is 16.4. The maximum atomic E-state index is 12.2. The number of carbonyl (C=O) groups is 2. The van der Waals surface area contributed by atoms with Crippen LogP contribution in [0.3, 0.4) is 0 Å². The molecule has 2 amide bonds. The van der Waals surface area contributed by atoms with Gasteiger partial charge in [-0.15, -0.1) is 11.8 Å². The molecule has 1 aromatic rings. The molecule has 0 radical (unpaired) electrons. The molecular weight excluding hydrogens is 348 g/mol. The second-order valence-electron chi connectivity index (χ2n) is 6.24. The van der Waals surface area contributed by atoms with Gasteiger partial charge in [0, 0.05) is 37.2 Å². The molecule has 0 aliphatic carbocycles. The van der Waals surface area contributed by atoms with Crippen molar-refractivity contribution in [3.63, 3.8) is 0 Å². The van der Waals surface area contributed by atoms with Gasteiger partial charge in [-0.2, -0.15) is 0 Å². The summed E-state index contributed by atoms with van der Waals surface area (Å²) >= 11 is 1.71. The number of ether oxygens (including phenoxy) is 1. The fourth-order valence-electron chi connectivity index (χ4n) is 2.51. The minimum Gasteiger partial charge on any atom is -0.447 e. The number of thioether (sulfide) groups is 1. The molecule has 1 heterocycles. The molecule has 0 aromatic heterocycles. The summed E-state index contributed by atoms with van der Waals surface area (Å²) in [5, 5.41) is 0. The van der Waals surface area contributed by atoms with E-state index in [1.807, 2.05) is 44.4 Å². The summed E-state index contributed by atoms with van der Waals surface area (Å²) in [5.74, 6) is -0.0377. The molecule has 1 aliphatic heterocycles. The van der Waals surface area contributed by atoms with Gasteiger partial charge in [-0.1, -0.05) is 30.4 Å². The molecule has 0 spiro atoms. The molecule has 26 heavy (non-hydrogen) atoms. The highest BCUT2D eigenvalue weighted by Crippen LogP contribution is 2.15. The average Bonchev–Trinajstić information content (AvgIpc) is 2.65. The lowest BCUT2D eigenvalue weighted by molar-refractivity contribution is -0.127. The fourth-order valence-corrected chi connectivity index (χ4v) is 2.92. The number of rotatable bonds is 5. The normalized spacial score (nSPS) is 15.2. The minimum absolute atomic E-state index is 0.0377. The van der Waals surface area contributed by atoms with Gasteiger partial charge >= 0.3 is 6.09 Å². The van der Waals surface area contributed by atoms with E-state index in [0.717, 1.165) is 5.56 Å². The molecule has 0 N–H and O–H groups in total. The van der Waals surface area contributed by atoms with Crippen molar-refractivity contribution in [2.45, 2.75) is 24.8 Å². The summed E-state index contributed by atoms with van der Waals surface area (Å²) in [6, 6.07) is 8.24. The van der Waals surface area contributed by atoms with Crippen LogP contribution in [-0.2, 0) is 9.53 Å². The van der Waals surface area contributed by atoms with Crippen LogP contribution in [0.5, 0.6) is 0 Å². The number of amides is 2. The third kappa shape index (κ3) is 6.26. The highest BCUT2D eigenvalue weighted by Gasteiger charge is 2.24. The van der Waals surface area contributed by atoms with Crippen molar-refractivity contribution in [3.8, 4) is 0 Å². The summed E-state index contributed by atoms with van der Waals surface area (Å²) in [7, 11) is 0. The Morgan fingerprint density at radius 2 is 1.65 bits per heavy atom. The van der Waals surface area contributed by atoms with Crippen molar-refractivity contribution in [2.75, 3.05) is 32.4 Å². The topological polar surface area (TPSA) is 49.9 Å². The summed E-state index contributed by atoms with van der Waals surface area (Å²) in [6.45, 7) is 5.71. The lowest BCUT2D eigenvalue weighted by Gasteiger charge is -2.33. The predicted molar refractivity (Wildman–Crippen MR) is 106 cm³/mol. The standard InChI is InChI=1S/C20H26N2O3S/c1-16(2)25-20(24)22-14-12-21(13-15-22)19(23)7-5-4-6-17-8-10-18(26-3)11-9-17/h4-11,16H,12-15H2,1-3H3/b6-4+,7-5+. The third-order valence-electron chi connectivity index (χ3n) is 3.94. The second kappa shape index (κ2) is 10.1. The van der Waals surface area contributed by atoms with Crippen LogP contribution in [0.4, 0.5) is 4.79 Å². The molecule has 0 saturated carbocycles. The molecule has 1 aromatic carbocycles. The highest BCUT2D eigenvalue weighted by atomic mass is 32.2. The molecule has 5 nitrogen and oxygen atoms in total. The zero-order chi connectivity index (χ0) is 18.9. The third-order valence-corrected chi connectivity index (χ3v) is 4.68. The Labute approximate surface area is 159 Å². The first-order chi connectivity index (χ1) is 12.5. The van der Waals surface area contributed by atoms with Crippen molar-refractivity contribution >= 4 is 29.8 Å². The van der Waals surface area contributed by atoms with Crippen molar-refractivity contribution < 1.29 is 14.3 Å². The van der Waals surface area contributed by atoms with E-state index < -0.39 is 0 Å². The molecule has 140 valence electrons. The van der Waals surface area contributed by atoms with Gasteiger partial charge in [-0.3, -0.25) is 4.79 Å². The van der Waals surface area contributed by atoms with Gasteiger partial charge in [0.25, 0.3) is 0 Å². The molecule has 0 bridgehead atoms. The van der Waals surface area contributed by atoms with Gasteiger partial charge in [0.15, 0.2) is 0 Å². The van der Waals surface area contributed by atoms with Crippen LogP contribution < -0.4 is 0 Å². The first kappa shape index (κ1) is 20.1. The van der Waals surface area contributed by atoms with Gasteiger partial charge in [0.1, 0.15) is 0 Å². The number of piperazine rings is 1. The average molecular weight is 375 g/mol. The lowest BCUT2D eigenvalue weighted by Crippen LogP contribution is -2.50. The minimum atomic E-state index is -0.307. The quantitative estimate of drug-likeness (QED) is 0.448. The summed E-state index contributed by atoms with van der Waals surface area (Å²) in [6.07, 6.45) is 8.76. The van der Waals surface area contributed by atoms with E-state index in [0.29, 0.717) is 26.2 Å². The first-order valence-electron chi connectivity index (χ1n) is 8.73. The monoisotopic (exact) mass is 374 g/mol. The van der Waals surface area contributed by atoms with Crippen molar-refractivity contribution in [2.24, 2.45) is 0 Å². The molecule has 1 fully saturated rings. The van der Waals surface area contributed by atoms with Crippen LogP contribution in [0.1, 0.15) is 19.4 Å². The van der Waals surface area contributed by atoms with E-state index in [-0.39, 0.29) is 18.1 Å². The van der Waals surface area contributed by atoms with Gasteiger partial charge in [0.2, 0.25) is 5.91 Å². The Hall–Kier alpha value is -2.21. The summed E-state index contributed by atoms with van der Waals surface area (Å²) in [5.41, 5.74) is 1.09. The van der Waals surface area contributed by atoms with E-state index in [9.17, 15) is 9.59 Å². The molecule has 1 saturated heterocycles. The highest BCUT2D eigenvalue weighted by molar-refractivity contribution is 7.98. The van der Waals surface area contributed by atoms with Crippen LogP contribution in [-0.4, -0.2) is 60.3 Å². The Bertz CT molecular complexity index is 660. The maximum Gasteiger partial charge on any atom is 0.410 e. The van der Waals surface area contributed by atoms with E-state index >= 15 is 0 Å². The first-order valence-corrected chi connectivity index (χ1v) is 9.95. The van der Waals surface area contributed by atoms with Crippen LogP contribution in [0.25, 0.3) is 6.08 Å². The Kier molecular flexibility index (Phi) is 7.78. The molecule has 0 atom stereocenters. The summed E-state index contributed by atoms with van der Waals surface area (Å²) in [4.78, 5) is 28.7. The number of allylic oxidation sites excluding steroid dienone is 2. The van der Waals surface area contributed by atoms with Gasteiger partial charge < -0.3 is 14.5 Å². The van der Waals surface area contributed by atoms with Crippen LogP contribution in [0.2, 0.25) is 0 Å². The number of nitrogens with zero attached hydrogens (tertiary/aromatic N) is 2. The number of benzene rings is 1. The maximum absolute atomic E-state index is 12.2. The predicted octanol–water partition coefficient (Wildman–Crippen LogP) is 3.67. The zero-order valence-electron chi connectivity index (χ0n) is 15.6. The van der Waals surface area contributed by atoms with E-state index in [2.05, 4.69) is 12.1 Å². The lowest BCUT2D eigenvalue weighted by atomic mass is 10.2. The molecule has 0 unspecified atom stereocenters. The van der Waals surface area contributed by atoms with E-state index in [1.54, 1.807) is 33.7 Å². The largest absolute Gasteiger partial charge is 0.447 e. The van der Waals surface area contributed by atoms with E-state index in [1.165, 1.54) is 4.90 Å². The van der Waals surface area contributed by atoms with Crippen LogP contribution in [0, 0.1) is 0 Å². The molecular formula is C20H26N2O3S. The number of hydrogen-bond acceptors (Lipinski definition) is 4. The number of carbonyl (C=O) groups excluding carboxylic acids is 2. The van der Waals surface area contributed by atoms with Gasteiger partial charge in [-0.25, -0.2) is 4.79 Å². The Morgan fingerprint density at radius 1 is 1.04 bits per heavy atom. The Balaban J connectivity index is 1.78. The van der Waals surface area contributed by atoms with Crippen LogP contribution >= 0.6 is 11.8 Å². The van der Waals surface area contributed by atoms with Crippen molar-refractivity contribution in [1.29, 1.82) is 0 Å². The SMILES string of the molecule is CSc1ccc(/C=C/C=C/C(=O)N2CCN(C(=O)OC(C)C)CC2)cc1. The molecule has 2 rings (SSSR count).